The van der Waals surface area contributed by atoms with Gasteiger partial charge in [0.1, 0.15) is 5.75 Å². The van der Waals surface area contributed by atoms with Gasteiger partial charge in [-0.15, -0.1) is 0 Å². The van der Waals surface area contributed by atoms with Crippen molar-refractivity contribution in [2.45, 2.75) is 0 Å². The molecule has 2 rings (SSSR count). The van der Waals surface area contributed by atoms with Crippen molar-refractivity contribution in [3.63, 3.8) is 0 Å². The second-order valence-corrected chi connectivity index (χ2v) is 2.98. The number of aldehydes is 1. The van der Waals surface area contributed by atoms with Crippen molar-refractivity contribution in [3.8, 4) is 17.0 Å². The largest absolute Gasteiger partial charge is 0.507 e. The first-order chi connectivity index (χ1) is 7.31. The van der Waals surface area contributed by atoms with Gasteiger partial charge in [0.05, 0.1) is 17.5 Å². The molecule has 0 aliphatic heterocycles. The minimum absolute atomic E-state index is 0.0300. The SMILES string of the molecule is O=Cc1cc(-c2cnccn2)ccc1O. The average Bonchev–Trinajstić information content (AvgIpc) is 2.31. The van der Waals surface area contributed by atoms with Crippen LogP contribution in [0, 0.1) is 0 Å². The molecule has 0 saturated carbocycles. The Bertz CT molecular complexity index is 483. The predicted octanol–water partition coefficient (Wildman–Crippen LogP) is 1.66. The van der Waals surface area contributed by atoms with E-state index in [9.17, 15) is 9.90 Å². The molecule has 4 nitrogen and oxygen atoms in total. The van der Waals surface area contributed by atoms with E-state index in [1.165, 1.54) is 6.07 Å². The van der Waals surface area contributed by atoms with E-state index >= 15 is 0 Å². The van der Waals surface area contributed by atoms with Crippen LogP contribution in [0.5, 0.6) is 5.75 Å². The van der Waals surface area contributed by atoms with E-state index < -0.39 is 0 Å². The number of carbonyl (C=O) groups excluding carboxylic acids is 1. The van der Waals surface area contributed by atoms with Gasteiger partial charge in [-0.25, -0.2) is 0 Å². The van der Waals surface area contributed by atoms with Gasteiger partial charge in [0, 0.05) is 18.0 Å². The molecule has 2 aromatic rings. The van der Waals surface area contributed by atoms with Gasteiger partial charge in [-0.05, 0) is 18.2 Å². The molecule has 74 valence electrons. The molecule has 4 heteroatoms. The summed E-state index contributed by atoms with van der Waals surface area (Å²) in [5.74, 6) is -0.0300. The highest BCUT2D eigenvalue weighted by atomic mass is 16.3. The van der Waals surface area contributed by atoms with Gasteiger partial charge in [-0.3, -0.25) is 14.8 Å². The summed E-state index contributed by atoms with van der Waals surface area (Å²) in [5.41, 5.74) is 1.67. The number of hydrogen-bond donors (Lipinski definition) is 1. The number of rotatable bonds is 2. The first-order valence-electron chi connectivity index (χ1n) is 4.36. The summed E-state index contributed by atoms with van der Waals surface area (Å²) in [6.45, 7) is 0. The lowest BCUT2D eigenvalue weighted by Crippen LogP contribution is -1.87. The van der Waals surface area contributed by atoms with Crippen LogP contribution in [0.2, 0.25) is 0 Å². The van der Waals surface area contributed by atoms with Gasteiger partial charge in [-0.1, -0.05) is 0 Å². The molecule has 0 saturated heterocycles. The molecule has 0 amide bonds. The number of hydrogen-bond acceptors (Lipinski definition) is 4. The third kappa shape index (κ3) is 1.83. The summed E-state index contributed by atoms with van der Waals surface area (Å²) < 4.78 is 0. The standard InChI is InChI=1S/C11H8N2O2/c14-7-9-5-8(1-2-11(9)15)10-6-12-3-4-13-10/h1-7,15H. The average molecular weight is 200 g/mol. The Morgan fingerprint density at radius 2 is 2.13 bits per heavy atom. The zero-order valence-corrected chi connectivity index (χ0v) is 7.79. The summed E-state index contributed by atoms with van der Waals surface area (Å²) in [5, 5.41) is 9.31. The fourth-order valence-corrected chi connectivity index (χ4v) is 1.26. The number of nitrogens with zero attached hydrogens (tertiary/aromatic N) is 2. The third-order valence-electron chi connectivity index (χ3n) is 2.01. The number of phenols is 1. The van der Waals surface area contributed by atoms with Crippen LogP contribution in [0.3, 0.4) is 0 Å². The Kier molecular flexibility index (Phi) is 2.41. The lowest BCUT2D eigenvalue weighted by molar-refractivity contribution is 0.112. The predicted molar refractivity (Wildman–Crippen MR) is 54.5 cm³/mol. The number of benzene rings is 1. The first kappa shape index (κ1) is 9.33. The van der Waals surface area contributed by atoms with Crippen molar-refractivity contribution in [1.29, 1.82) is 0 Å². The van der Waals surface area contributed by atoms with Gasteiger partial charge in [0.25, 0.3) is 0 Å². The fourth-order valence-electron chi connectivity index (χ4n) is 1.26. The summed E-state index contributed by atoms with van der Waals surface area (Å²) in [7, 11) is 0. The second-order valence-electron chi connectivity index (χ2n) is 2.98. The molecule has 1 heterocycles. The van der Waals surface area contributed by atoms with Gasteiger partial charge in [0.15, 0.2) is 6.29 Å². The second kappa shape index (κ2) is 3.88. The molecule has 0 atom stereocenters. The highest BCUT2D eigenvalue weighted by molar-refractivity contribution is 5.82. The van der Waals surface area contributed by atoms with Crippen molar-refractivity contribution in [2.24, 2.45) is 0 Å². The summed E-state index contributed by atoms with van der Waals surface area (Å²) in [4.78, 5) is 18.6. The zero-order chi connectivity index (χ0) is 10.7. The highest BCUT2D eigenvalue weighted by Gasteiger charge is 2.04. The van der Waals surface area contributed by atoms with Crippen LogP contribution in [0.1, 0.15) is 10.4 Å². The van der Waals surface area contributed by atoms with Gasteiger partial charge in [0.2, 0.25) is 0 Å². The Morgan fingerprint density at radius 1 is 1.27 bits per heavy atom. The Morgan fingerprint density at radius 3 is 2.80 bits per heavy atom. The van der Waals surface area contributed by atoms with Gasteiger partial charge in [-0.2, -0.15) is 0 Å². The molecule has 0 radical (unpaired) electrons. The number of aromatic hydroxyl groups is 1. The van der Waals surface area contributed by atoms with Crippen LogP contribution in [0.4, 0.5) is 0 Å². The normalized spacial score (nSPS) is 9.87. The monoisotopic (exact) mass is 200 g/mol. The maximum atomic E-state index is 10.6. The van der Waals surface area contributed by atoms with Crippen molar-refractivity contribution in [2.75, 3.05) is 0 Å². The summed E-state index contributed by atoms with van der Waals surface area (Å²) in [6, 6.07) is 4.73. The van der Waals surface area contributed by atoms with Crippen LogP contribution in [-0.2, 0) is 0 Å². The molecule has 0 bridgehead atoms. The highest BCUT2D eigenvalue weighted by Crippen LogP contribution is 2.22. The molecule has 0 aliphatic rings. The quantitative estimate of drug-likeness (QED) is 0.749. The van der Waals surface area contributed by atoms with Crippen LogP contribution in [0.15, 0.2) is 36.8 Å². The van der Waals surface area contributed by atoms with Gasteiger partial charge >= 0.3 is 0 Å². The summed E-state index contributed by atoms with van der Waals surface area (Å²) >= 11 is 0. The van der Waals surface area contributed by atoms with E-state index in [1.54, 1.807) is 30.7 Å². The molecular formula is C11H8N2O2. The van der Waals surface area contributed by atoms with Crippen molar-refractivity contribution < 1.29 is 9.90 Å². The van der Waals surface area contributed by atoms with E-state index in [-0.39, 0.29) is 11.3 Å². The molecule has 15 heavy (non-hydrogen) atoms. The fraction of sp³-hybridized carbons (Fsp3) is 0. The van der Waals surface area contributed by atoms with Crippen molar-refractivity contribution in [1.82, 2.24) is 9.97 Å². The van der Waals surface area contributed by atoms with E-state index in [2.05, 4.69) is 9.97 Å². The maximum Gasteiger partial charge on any atom is 0.153 e. The van der Waals surface area contributed by atoms with Crippen LogP contribution < -0.4 is 0 Å². The first-order valence-corrected chi connectivity index (χ1v) is 4.36. The molecular weight excluding hydrogens is 192 g/mol. The lowest BCUT2D eigenvalue weighted by atomic mass is 10.1. The molecule has 0 unspecified atom stereocenters. The van der Waals surface area contributed by atoms with Crippen LogP contribution >= 0.6 is 0 Å². The third-order valence-corrected chi connectivity index (χ3v) is 2.01. The zero-order valence-electron chi connectivity index (χ0n) is 7.79. The van der Waals surface area contributed by atoms with E-state index in [0.29, 0.717) is 12.0 Å². The molecule has 1 aromatic carbocycles. The maximum absolute atomic E-state index is 10.6. The van der Waals surface area contributed by atoms with Crippen molar-refractivity contribution >= 4 is 6.29 Å². The number of aromatic nitrogens is 2. The molecule has 0 aliphatic carbocycles. The van der Waals surface area contributed by atoms with Gasteiger partial charge < -0.3 is 5.11 Å². The van der Waals surface area contributed by atoms with E-state index in [0.717, 1.165) is 5.56 Å². The lowest BCUT2D eigenvalue weighted by Gasteiger charge is -2.02. The smallest absolute Gasteiger partial charge is 0.153 e. The Balaban J connectivity index is 2.51. The minimum Gasteiger partial charge on any atom is -0.507 e. The minimum atomic E-state index is -0.0300. The number of phenolic OH excluding ortho intramolecular Hbond substituents is 1. The van der Waals surface area contributed by atoms with E-state index in [4.69, 9.17) is 0 Å². The number of carbonyl (C=O) groups is 1. The van der Waals surface area contributed by atoms with Crippen LogP contribution in [-0.4, -0.2) is 21.4 Å². The molecule has 0 spiro atoms. The summed E-state index contributed by atoms with van der Waals surface area (Å²) in [6.07, 6.45) is 5.35. The molecule has 1 N–H and O–H groups in total. The molecule has 0 fully saturated rings. The van der Waals surface area contributed by atoms with Crippen LogP contribution in [0.25, 0.3) is 11.3 Å². The topological polar surface area (TPSA) is 63.1 Å². The van der Waals surface area contributed by atoms with Crippen molar-refractivity contribution in [3.05, 3.63) is 42.4 Å². The Labute approximate surface area is 86.2 Å². The molecule has 1 aromatic heterocycles. The Hall–Kier alpha value is -2.23. The van der Waals surface area contributed by atoms with E-state index in [1.807, 2.05) is 0 Å².